The van der Waals surface area contributed by atoms with E-state index in [-0.39, 0.29) is 5.84 Å². The lowest BCUT2D eigenvalue weighted by Crippen LogP contribution is -2.35. The quantitative estimate of drug-likeness (QED) is 0.589. The third-order valence-electron chi connectivity index (χ3n) is 2.01. The Bertz CT molecular complexity index is 514. The Morgan fingerprint density at radius 1 is 1.43 bits per heavy atom. The molecule has 0 aromatic carbocycles. The number of rotatable bonds is 0. The van der Waals surface area contributed by atoms with Gasteiger partial charge in [0.1, 0.15) is 5.69 Å². The minimum Gasteiger partial charge on any atom is -0.381 e. The summed E-state index contributed by atoms with van der Waals surface area (Å²) in [5.74, 6) is 0.358. The van der Waals surface area contributed by atoms with E-state index < -0.39 is 10.2 Å². The fourth-order valence-corrected chi connectivity index (χ4v) is 2.21. The molecule has 1 aromatic heterocycles. The molecule has 8 heteroatoms. The van der Waals surface area contributed by atoms with Gasteiger partial charge in [0, 0.05) is 14.1 Å². The molecule has 2 rings (SSSR count). The van der Waals surface area contributed by atoms with Gasteiger partial charge in [-0.2, -0.15) is 8.42 Å². The van der Waals surface area contributed by atoms with Crippen LogP contribution in [-0.2, 0) is 17.3 Å². The predicted molar refractivity (Wildman–Crippen MR) is 51.3 cm³/mol. The maximum atomic E-state index is 11.4. The van der Waals surface area contributed by atoms with Gasteiger partial charge in [-0.05, 0) is 0 Å². The second kappa shape index (κ2) is 2.47. The number of aromatic nitrogens is 2. The van der Waals surface area contributed by atoms with Gasteiger partial charge in [0.25, 0.3) is 0 Å². The zero-order chi connectivity index (χ0) is 10.5. The van der Waals surface area contributed by atoms with Gasteiger partial charge in [0.05, 0.1) is 6.33 Å². The number of hydrogen-bond donors (Lipinski definition) is 1. The van der Waals surface area contributed by atoms with Gasteiger partial charge in [0.15, 0.2) is 11.7 Å². The number of nitrogens with two attached hydrogens (primary N) is 1. The molecule has 0 aliphatic carbocycles. The highest BCUT2D eigenvalue weighted by atomic mass is 32.2. The van der Waals surface area contributed by atoms with Crippen LogP contribution < -0.4 is 10.0 Å². The Morgan fingerprint density at radius 3 is 2.71 bits per heavy atom. The predicted octanol–water partition coefficient (Wildman–Crippen LogP) is -1.18. The van der Waals surface area contributed by atoms with Crippen molar-refractivity contribution in [1.82, 2.24) is 9.55 Å². The number of imidazole rings is 1. The van der Waals surface area contributed by atoms with Crippen LogP contribution in [0, 0.1) is 0 Å². The molecule has 1 aliphatic heterocycles. The van der Waals surface area contributed by atoms with E-state index in [1.165, 1.54) is 13.4 Å². The Kier molecular flexibility index (Phi) is 1.59. The summed E-state index contributed by atoms with van der Waals surface area (Å²) >= 11 is 0. The van der Waals surface area contributed by atoms with E-state index in [2.05, 4.69) is 9.38 Å². The molecule has 0 bridgehead atoms. The first-order chi connectivity index (χ1) is 6.43. The fourth-order valence-electron chi connectivity index (χ4n) is 1.31. The van der Waals surface area contributed by atoms with E-state index in [0.29, 0.717) is 11.5 Å². The lowest BCUT2D eigenvalue weighted by molar-refractivity contribution is 0.594. The molecule has 0 spiro atoms. The molecule has 14 heavy (non-hydrogen) atoms. The molecule has 7 nitrogen and oxygen atoms in total. The lowest BCUT2D eigenvalue weighted by atomic mass is 10.4. The maximum Gasteiger partial charge on any atom is 0.347 e. The van der Waals surface area contributed by atoms with Gasteiger partial charge in [-0.15, -0.1) is 4.40 Å². The van der Waals surface area contributed by atoms with Crippen LogP contribution in [0.1, 0.15) is 5.69 Å². The highest BCUT2D eigenvalue weighted by Crippen LogP contribution is 2.24. The third-order valence-corrected chi connectivity index (χ3v) is 3.30. The molecule has 1 aromatic rings. The van der Waals surface area contributed by atoms with Crippen LogP contribution in [-0.4, -0.2) is 30.9 Å². The van der Waals surface area contributed by atoms with Crippen molar-refractivity contribution in [1.29, 1.82) is 0 Å². The summed E-state index contributed by atoms with van der Waals surface area (Å²) in [6.45, 7) is 0. The molecule has 2 heterocycles. The van der Waals surface area contributed by atoms with E-state index in [1.807, 2.05) is 0 Å². The van der Waals surface area contributed by atoms with Crippen molar-refractivity contribution >= 4 is 21.9 Å². The number of nitrogens with zero attached hydrogens (tertiary/aromatic N) is 4. The minimum absolute atomic E-state index is 0.0706. The SMILES string of the molecule is CN1c2c(ncn2C)C(N)=NS1(=O)=O. The van der Waals surface area contributed by atoms with Crippen LogP contribution >= 0.6 is 0 Å². The summed E-state index contributed by atoms with van der Waals surface area (Å²) < 4.78 is 28.8. The van der Waals surface area contributed by atoms with Crippen LogP contribution in [0.5, 0.6) is 0 Å². The third kappa shape index (κ3) is 1.00. The second-order valence-corrected chi connectivity index (χ2v) is 4.58. The molecule has 0 fully saturated rings. The second-order valence-electron chi connectivity index (χ2n) is 2.95. The molecule has 0 radical (unpaired) electrons. The van der Waals surface area contributed by atoms with Gasteiger partial charge in [-0.1, -0.05) is 0 Å². The van der Waals surface area contributed by atoms with Crippen molar-refractivity contribution in [3.05, 3.63) is 12.0 Å². The van der Waals surface area contributed by atoms with Crippen LogP contribution in [0.25, 0.3) is 0 Å². The number of hydrogen-bond acceptors (Lipinski definition) is 4. The number of fused-ring (bicyclic) bond motifs is 1. The Balaban J connectivity index is 2.78. The van der Waals surface area contributed by atoms with Crippen LogP contribution in [0.3, 0.4) is 0 Å². The zero-order valence-corrected chi connectivity index (χ0v) is 8.48. The molecule has 0 atom stereocenters. The fraction of sp³-hybridized carbons (Fsp3) is 0.333. The summed E-state index contributed by atoms with van der Waals surface area (Å²) in [6.07, 6.45) is 1.49. The number of aryl methyl sites for hydroxylation is 1. The minimum atomic E-state index is -3.68. The number of anilines is 1. The average molecular weight is 215 g/mol. The van der Waals surface area contributed by atoms with Gasteiger partial charge >= 0.3 is 10.2 Å². The average Bonchev–Trinajstić information content (AvgIpc) is 2.43. The van der Waals surface area contributed by atoms with E-state index in [9.17, 15) is 8.42 Å². The van der Waals surface area contributed by atoms with Gasteiger partial charge in [-0.25, -0.2) is 9.29 Å². The Labute approximate surface area is 81.1 Å². The summed E-state index contributed by atoms with van der Waals surface area (Å²) in [6, 6.07) is 0. The monoisotopic (exact) mass is 215 g/mol. The standard InChI is InChI=1S/C6H9N5O2S/c1-10-3-8-4-5(7)9-14(12,13)11(2)6(4)10/h3H,1-2H3,(H2,7,9). The molecular formula is C6H9N5O2S. The normalized spacial score (nSPS) is 19.0. The summed E-state index contributed by atoms with van der Waals surface area (Å²) in [7, 11) is -0.582. The van der Waals surface area contributed by atoms with E-state index in [4.69, 9.17) is 5.73 Å². The molecule has 2 N–H and O–H groups in total. The summed E-state index contributed by atoms with van der Waals surface area (Å²) in [5.41, 5.74) is 5.86. The van der Waals surface area contributed by atoms with Crippen molar-refractivity contribution < 1.29 is 8.42 Å². The molecule has 0 saturated carbocycles. The van der Waals surface area contributed by atoms with Crippen molar-refractivity contribution in [2.75, 3.05) is 11.4 Å². The molecule has 1 aliphatic rings. The van der Waals surface area contributed by atoms with Crippen LogP contribution in [0.4, 0.5) is 5.82 Å². The molecular weight excluding hydrogens is 206 g/mol. The van der Waals surface area contributed by atoms with Crippen molar-refractivity contribution in [3.63, 3.8) is 0 Å². The van der Waals surface area contributed by atoms with Gasteiger partial charge < -0.3 is 10.3 Å². The van der Waals surface area contributed by atoms with Gasteiger partial charge in [-0.3, -0.25) is 0 Å². The van der Waals surface area contributed by atoms with Crippen molar-refractivity contribution in [2.24, 2.45) is 17.2 Å². The van der Waals surface area contributed by atoms with E-state index >= 15 is 0 Å². The summed E-state index contributed by atoms with van der Waals surface area (Å²) in [5, 5.41) is 0. The molecule has 76 valence electrons. The molecule has 0 unspecified atom stereocenters. The van der Waals surface area contributed by atoms with E-state index in [1.54, 1.807) is 11.6 Å². The van der Waals surface area contributed by atoms with Crippen LogP contribution in [0.2, 0.25) is 0 Å². The zero-order valence-electron chi connectivity index (χ0n) is 7.67. The Morgan fingerprint density at radius 2 is 2.07 bits per heavy atom. The highest BCUT2D eigenvalue weighted by Gasteiger charge is 2.30. The first kappa shape index (κ1) is 9.00. The molecule has 0 saturated heterocycles. The van der Waals surface area contributed by atoms with Crippen molar-refractivity contribution in [3.8, 4) is 0 Å². The maximum absolute atomic E-state index is 11.4. The van der Waals surface area contributed by atoms with E-state index in [0.717, 1.165) is 4.31 Å². The largest absolute Gasteiger partial charge is 0.381 e. The smallest absolute Gasteiger partial charge is 0.347 e. The summed E-state index contributed by atoms with van der Waals surface area (Å²) in [4.78, 5) is 3.95. The first-order valence-electron chi connectivity index (χ1n) is 3.79. The first-order valence-corrected chi connectivity index (χ1v) is 5.19. The van der Waals surface area contributed by atoms with Crippen molar-refractivity contribution in [2.45, 2.75) is 0 Å². The number of amidine groups is 1. The highest BCUT2D eigenvalue weighted by molar-refractivity contribution is 7.91. The van der Waals surface area contributed by atoms with Crippen LogP contribution in [0.15, 0.2) is 10.7 Å². The lowest BCUT2D eigenvalue weighted by Gasteiger charge is -2.21. The topological polar surface area (TPSA) is 93.6 Å². The molecule has 0 amide bonds. The van der Waals surface area contributed by atoms with Gasteiger partial charge in [0.2, 0.25) is 0 Å². The Hall–Kier alpha value is -1.57.